The Hall–Kier alpha value is -3.16. The first-order chi connectivity index (χ1) is 13.6. The van der Waals surface area contributed by atoms with Crippen molar-refractivity contribution in [3.8, 4) is 5.88 Å². The van der Waals surface area contributed by atoms with Crippen LogP contribution in [0.25, 0.3) is 10.9 Å². The van der Waals surface area contributed by atoms with Gasteiger partial charge < -0.3 is 10.1 Å². The zero-order valence-electron chi connectivity index (χ0n) is 16.0. The number of nitrogens with one attached hydrogen (secondary N) is 1. The van der Waals surface area contributed by atoms with Gasteiger partial charge in [0.1, 0.15) is 0 Å². The van der Waals surface area contributed by atoms with Gasteiger partial charge in [-0.25, -0.2) is 9.36 Å². The van der Waals surface area contributed by atoms with E-state index in [2.05, 4.69) is 15.5 Å². The standard InChI is InChI=1S/C20H23N5O3/c1-24-20(28-2)16-10-5-13(12-17(16)23-24)19(27)22-14-6-8-15(9-7-14)25-18(26)4-3-11-21-25/h3-5,10-12,14-15H,6-9H2,1-2H3,(H,22,27). The van der Waals surface area contributed by atoms with Gasteiger partial charge in [0.2, 0.25) is 5.88 Å². The Morgan fingerprint density at radius 3 is 2.71 bits per heavy atom. The molecule has 0 saturated heterocycles. The van der Waals surface area contributed by atoms with E-state index in [1.807, 2.05) is 13.1 Å². The summed E-state index contributed by atoms with van der Waals surface area (Å²) in [5.74, 6) is 0.565. The number of hydrogen-bond acceptors (Lipinski definition) is 5. The van der Waals surface area contributed by atoms with E-state index >= 15 is 0 Å². The molecule has 2 heterocycles. The van der Waals surface area contributed by atoms with Crippen molar-refractivity contribution < 1.29 is 9.53 Å². The number of hydrogen-bond donors (Lipinski definition) is 1. The highest BCUT2D eigenvalue weighted by atomic mass is 16.5. The Bertz CT molecular complexity index is 1060. The first-order valence-electron chi connectivity index (χ1n) is 9.42. The smallest absolute Gasteiger partial charge is 0.266 e. The zero-order chi connectivity index (χ0) is 19.7. The van der Waals surface area contributed by atoms with Gasteiger partial charge in [-0.05, 0) is 49.9 Å². The minimum atomic E-state index is -0.107. The summed E-state index contributed by atoms with van der Waals surface area (Å²) in [4.78, 5) is 24.6. The first-order valence-corrected chi connectivity index (χ1v) is 9.42. The molecule has 1 fully saturated rings. The Kier molecular flexibility index (Phi) is 4.85. The second-order valence-electron chi connectivity index (χ2n) is 7.15. The third kappa shape index (κ3) is 3.37. The molecule has 8 nitrogen and oxygen atoms in total. The van der Waals surface area contributed by atoms with E-state index in [0.717, 1.165) is 36.6 Å². The summed E-state index contributed by atoms with van der Waals surface area (Å²) < 4.78 is 8.56. The van der Waals surface area contributed by atoms with E-state index in [0.29, 0.717) is 11.4 Å². The number of ether oxygens (including phenoxy) is 1. The maximum Gasteiger partial charge on any atom is 0.266 e. The molecule has 1 aliphatic carbocycles. The average molecular weight is 381 g/mol. The van der Waals surface area contributed by atoms with Crippen LogP contribution >= 0.6 is 0 Å². The van der Waals surface area contributed by atoms with Gasteiger partial charge in [0.25, 0.3) is 11.5 Å². The molecule has 0 radical (unpaired) electrons. The summed E-state index contributed by atoms with van der Waals surface area (Å²) >= 11 is 0. The van der Waals surface area contributed by atoms with Crippen molar-refractivity contribution in [3.05, 3.63) is 52.4 Å². The quantitative estimate of drug-likeness (QED) is 0.747. The van der Waals surface area contributed by atoms with Crippen LogP contribution in [-0.4, -0.2) is 38.6 Å². The largest absolute Gasteiger partial charge is 0.481 e. The fourth-order valence-electron chi connectivity index (χ4n) is 3.94. The molecular weight excluding hydrogens is 358 g/mol. The molecule has 3 aromatic rings. The van der Waals surface area contributed by atoms with E-state index < -0.39 is 0 Å². The van der Waals surface area contributed by atoms with Crippen molar-refractivity contribution in [2.45, 2.75) is 37.8 Å². The van der Waals surface area contributed by atoms with Crippen molar-refractivity contribution in [2.75, 3.05) is 7.11 Å². The number of benzene rings is 1. The molecule has 8 heteroatoms. The molecule has 1 amide bonds. The second kappa shape index (κ2) is 7.46. The molecule has 0 spiro atoms. The Balaban J connectivity index is 1.41. The topological polar surface area (TPSA) is 91.0 Å². The SMILES string of the molecule is COc1c2ccc(C(=O)NC3CCC(n4ncccc4=O)CC3)cc2nn1C. The van der Waals surface area contributed by atoms with Crippen molar-refractivity contribution >= 4 is 16.8 Å². The van der Waals surface area contributed by atoms with Gasteiger partial charge in [0.05, 0.1) is 24.1 Å². The van der Waals surface area contributed by atoms with Crippen molar-refractivity contribution in [3.63, 3.8) is 0 Å². The predicted molar refractivity (Wildman–Crippen MR) is 105 cm³/mol. The maximum atomic E-state index is 12.7. The summed E-state index contributed by atoms with van der Waals surface area (Å²) in [6, 6.07) is 8.81. The fourth-order valence-corrected chi connectivity index (χ4v) is 3.94. The third-order valence-electron chi connectivity index (χ3n) is 5.35. The van der Waals surface area contributed by atoms with Crippen molar-refractivity contribution in [1.82, 2.24) is 24.9 Å². The van der Waals surface area contributed by atoms with Gasteiger partial charge in [-0.2, -0.15) is 10.2 Å². The van der Waals surface area contributed by atoms with Gasteiger partial charge in [-0.1, -0.05) is 0 Å². The summed E-state index contributed by atoms with van der Waals surface area (Å²) in [6.07, 6.45) is 4.91. The molecule has 1 saturated carbocycles. The van der Waals surface area contributed by atoms with Gasteiger partial charge in [0, 0.05) is 30.9 Å². The van der Waals surface area contributed by atoms with Crippen LogP contribution in [0, 0.1) is 0 Å². The van der Waals surface area contributed by atoms with Gasteiger partial charge in [0.15, 0.2) is 0 Å². The number of nitrogens with zero attached hydrogens (tertiary/aromatic N) is 4. The maximum absolute atomic E-state index is 12.7. The van der Waals surface area contributed by atoms with Crippen molar-refractivity contribution in [1.29, 1.82) is 0 Å². The number of fused-ring (bicyclic) bond motifs is 1. The van der Waals surface area contributed by atoms with Crippen LogP contribution in [0.5, 0.6) is 5.88 Å². The number of aryl methyl sites for hydroxylation is 1. The van der Waals surface area contributed by atoms with Crippen LogP contribution in [0.4, 0.5) is 0 Å². The summed E-state index contributed by atoms with van der Waals surface area (Å²) in [6.45, 7) is 0. The Labute approximate surface area is 162 Å². The average Bonchev–Trinajstić information content (AvgIpc) is 3.03. The highest BCUT2D eigenvalue weighted by Gasteiger charge is 2.25. The molecule has 146 valence electrons. The molecule has 1 aromatic carbocycles. The van der Waals surface area contributed by atoms with E-state index in [1.165, 1.54) is 6.07 Å². The van der Waals surface area contributed by atoms with E-state index in [4.69, 9.17) is 4.74 Å². The van der Waals surface area contributed by atoms with E-state index in [-0.39, 0.29) is 23.6 Å². The lowest BCUT2D eigenvalue weighted by molar-refractivity contribution is 0.0921. The molecule has 28 heavy (non-hydrogen) atoms. The second-order valence-corrected chi connectivity index (χ2v) is 7.15. The molecule has 0 bridgehead atoms. The molecule has 1 N–H and O–H groups in total. The van der Waals surface area contributed by atoms with E-state index in [9.17, 15) is 9.59 Å². The molecule has 0 unspecified atom stereocenters. The van der Waals surface area contributed by atoms with Crippen LogP contribution in [0.3, 0.4) is 0 Å². The number of methoxy groups -OCH3 is 1. The Morgan fingerprint density at radius 1 is 1.21 bits per heavy atom. The van der Waals surface area contributed by atoms with Gasteiger partial charge in [-0.3, -0.25) is 9.59 Å². The number of amides is 1. The monoisotopic (exact) mass is 381 g/mol. The lowest BCUT2D eigenvalue weighted by atomic mass is 9.91. The first kappa shape index (κ1) is 18.2. The molecule has 4 rings (SSSR count). The highest BCUT2D eigenvalue weighted by molar-refractivity contribution is 5.98. The number of carbonyl (C=O) groups excluding carboxylic acids is 1. The molecule has 1 aliphatic rings. The molecule has 0 atom stereocenters. The Morgan fingerprint density at radius 2 is 2.00 bits per heavy atom. The van der Waals surface area contributed by atoms with E-state index in [1.54, 1.807) is 40.9 Å². The lowest BCUT2D eigenvalue weighted by Crippen LogP contribution is -2.39. The van der Waals surface area contributed by atoms with Gasteiger partial charge in [-0.15, -0.1) is 0 Å². The van der Waals surface area contributed by atoms with Crippen LogP contribution in [-0.2, 0) is 7.05 Å². The highest BCUT2D eigenvalue weighted by Crippen LogP contribution is 2.28. The van der Waals surface area contributed by atoms with Crippen LogP contribution in [0.2, 0.25) is 0 Å². The fraction of sp³-hybridized carbons (Fsp3) is 0.400. The zero-order valence-corrected chi connectivity index (χ0v) is 16.0. The minimum Gasteiger partial charge on any atom is -0.481 e. The number of carbonyl (C=O) groups is 1. The normalized spacial score (nSPS) is 19.5. The third-order valence-corrected chi connectivity index (χ3v) is 5.35. The van der Waals surface area contributed by atoms with Crippen molar-refractivity contribution in [2.24, 2.45) is 7.05 Å². The summed E-state index contributed by atoms with van der Waals surface area (Å²) in [7, 11) is 3.41. The minimum absolute atomic E-state index is 0.0749. The van der Waals surface area contributed by atoms with Crippen LogP contribution in [0.15, 0.2) is 41.3 Å². The number of aromatic nitrogens is 4. The summed E-state index contributed by atoms with van der Waals surface area (Å²) in [5.41, 5.74) is 1.23. The lowest BCUT2D eigenvalue weighted by Gasteiger charge is -2.29. The molecular formula is C20H23N5O3. The predicted octanol–water partition coefficient (Wildman–Crippen LogP) is 2.05. The van der Waals surface area contributed by atoms with Gasteiger partial charge >= 0.3 is 0 Å². The molecule has 2 aromatic heterocycles. The number of rotatable bonds is 4. The van der Waals surface area contributed by atoms with Crippen LogP contribution in [0.1, 0.15) is 42.1 Å². The molecule has 0 aliphatic heterocycles. The van der Waals surface area contributed by atoms with Crippen LogP contribution < -0.4 is 15.6 Å². The summed E-state index contributed by atoms with van der Waals surface area (Å²) in [5, 5.41) is 12.6.